The summed E-state index contributed by atoms with van der Waals surface area (Å²) in [6, 6.07) is 0. The summed E-state index contributed by atoms with van der Waals surface area (Å²) in [4.78, 5) is 0. The Hall–Kier alpha value is -1.68. The molecule has 1 heteroatoms. The van der Waals surface area contributed by atoms with E-state index in [1.165, 1.54) is 11.1 Å². The largest absolute Gasteiger partial charge is 0.512 e. The van der Waals surface area contributed by atoms with Crippen molar-refractivity contribution in [3.8, 4) is 12.3 Å². The van der Waals surface area contributed by atoms with Gasteiger partial charge in [0.1, 0.15) is 0 Å². The quantitative estimate of drug-likeness (QED) is 0.286. The summed E-state index contributed by atoms with van der Waals surface area (Å²) in [5, 5.41) is 10.3. The Morgan fingerprint density at radius 1 is 1.57 bits per heavy atom. The van der Waals surface area contributed by atoms with Gasteiger partial charge in [0, 0.05) is 6.42 Å². The minimum absolute atomic E-state index is 0.348. The molecule has 0 fully saturated rings. The maximum Gasteiger partial charge on any atom is 0.0931 e. The first-order valence-corrected chi connectivity index (χ1v) is 7.85. The van der Waals surface area contributed by atoms with Gasteiger partial charge in [-0.1, -0.05) is 43.1 Å². The third kappa shape index (κ3) is 5.68. The van der Waals surface area contributed by atoms with Gasteiger partial charge in [-0.15, -0.1) is 6.42 Å². The highest BCUT2D eigenvalue weighted by Crippen LogP contribution is 2.36. The van der Waals surface area contributed by atoms with E-state index in [0.29, 0.717) is 24.0 Å². The van der Waals surface area contributed by atoms with E-state index in [0.717, 1.165) is 31.3 Å². The summed E-state index contributed by atoms with van der Waals surface area (Å²) >= 11 is 0. The van der Waals surface area contributed by atoms with E-state index in [1.54, 1.807) is 6.08 Å². The van der Waals surface area contributed by atoms with Gasteiger partial charge in [-0.25, -0.2) is 0 Å². The molecule has 21 heavy (non-hydrogen) atoms. The third-order valence-corrected chi connectivity index (χ3v) is 4.10. The molecule has 1 aliphatic rings. The van der Waals surface area contributed by atoms with Crippen molar-refractivity contribution >= 4 is 0 Å². The van der Waals surface area contributed by atoms with Crippen LogP contribution in [0.5, 0.6) is 0 Å². The Labute approximate surface area is 130 Å². The molecular formula is C20H28O. The molecule has 1 rings (SSSR count). The van der Waals surface area contributed by atoms with E-state index in [-0.39, 0.29) is 0 Å². The second kappa shape index (κ2) is 8.57. The summed E-state index contributed by atoms with van der Waals surface area (Å²) in [5.74, 6) is 3.79. The second-order valence-electron chi connectivity index (χ2n) is 6.14. The van der Waals surface area contributed by atoms with Gasteiger partial charge in [0.05, 0.1) is 5.76 Å². The molecule has 114 valence electrons. The van der Waals surface area contributed by atoms with Crippen molar-refractivity contribution in [1.82, 2.24) is 0 Å². The van der Waals surface area contributed by atoms with Crippen molar-refractivity contribution in [2.24, 2.45) is 11.8 Å². The number of aliphatic hydroxyl groups excluding tert-OH is 1. The van der Waals surface area contributed by atoms with Crippen molar-refractivity contribution in [1.29, 1.82) is 0 Å². The van der Waals surface area contributed by atoms with Crippen molar-refractivity contribution in [2.45, 2.75) is 52.9 Å². The van der Waals surface area contributed by atoms with Crippen molar-refractivity contribution in [3.05, 3.63) is 47.3 Å². The number of allylic oxidation sites excluding steroid dienone is 7. The summed E-state index contributed by atoms with van der Waals surface area (Å²) in [6.07, 6.45) is 16.1. The van der Waals surface area contributed by atoms with Crippen LogP contribution in [0.25, 0.3) is 0 Å². The first-order chi connectivity index (χ1) is 9.97. The highest BCUT2D eigenvalue weighted by molar-refractivity contribution is 5.29. The lowest BCUT2D eigenvalue weighted by molar-refractivity contribution is 0.320. The Balaban J connectivity index is 2.86. The fourth-order valence-electron chi connectivity index (χ4n) is 3.07. The molecule has 0 aromatic rings. The van der Waals surface area contributed by atoms with Crippen LogP contribution < -0.4 is 0 Å². The summed E-state index contributed by atoms with van der Waals surface area (Å²) < 4.78 is 0. The van der Waals surface area contributed by atoms with Crippen LogP contribution in [0.3, 0.4) is 0 Å². The van der Waals surface area contributed by atoms with Gasteiger partial charge in [0.2, 0.25) is 0 Å². The fraction of sp³-hybridized carbons (Fsp3) is 0.500. The van der Waals surface area contributed by atoms with Crippen molar-refractivity contribution in [2.75, 3.05) is 0 Å². The van der Waals surface area contributed by atoms with Gasteiger partial charge in [-0.05, 0) is 62.7 Å². The average molecular weight is 284 g/mol. The Kier molecular flexibility index (Phi) is 7.09. The number of rotatable bonds is 6. The first kappa shape index (κ1) is 17.4. The minimum atomic E-state index is 0.348. The molecule has 0 amide bonds. The number of aliphatic hydroxyl groups is 1. The van der Waals surface area contributed by atoms with E-state index < -0.39 is 0 Å². The second-order valence-corrected chi connectivity index (χ2v) is 6.14. The Morgan fingerprint density at radius 3 is 2.86 bits per heavy atom. The van der Waals surface area contributed by atoms with Gasteiger partial charge < -0.3 is 5.11 Å². The summed E-state index contributed by atoms with van der Waals surface area (Å²) in [6.45, 7) is 10.5. The van der Waals surface area contributed by atoms with Crippen LogP contribution in [0.2, 0.25) is 0 Å². The molecule has 0 aliphatic heterocycles. The van der Waals surface area contributed by atoms with E-state index in [1.807, 2.05) is 6.08 Å². The molecule has 1 aliphatic carbocycles. The topological polar surface area (TPSA) is 20.2 Å². The molecule has 2 atom stereocenters. The highest BCUT2D eigenvalue weighted by atomic mass is 16.3. The number of hydrogen-bond acceptors (Lipinski definition) is 1. The fourth-order valence-corrected chi connectivity index (χ4v) is 3.07. The molecule has 0 heterocycles. The lowest BCUT2D eigenvalue weighted by atomic mass is 9.76. The SMILES string of the molecule is C#C/C=C(\C=C(\O)C[C@@H]1C=C(C)CC[C@H]1C(=C)C)CCC. The maximum atomic E-state index is 10.3. The standard InChI is InChI=1S/C20H28O/c1-6-8-17(9-7-2)13-19(21)14-18-12-16(5)10-11-20(18)15(3)4/h1,8,12-13,18,20-21H,3,7,9-11,14H2,2,4-5H3/b17-8-,19-13+/t18-,20-/m0/s1. The van der Waals surface area contributed by atoms with Gasteiger partial charge in [-0.3, -0.25) is 0 Å². The molecule has 0 radical (unpaired) electrons. The highest BCUT2D eigenvalue weighted by Gasteiger charge is 2.24. The Bertz CT molecular complexity index is 496. The molecule has 0 bridgehead atoms. The molecule has 0 aromatic heterocycles. The predicted molar refractivity (Wildman–Crippen MR) is 91.9 cm³/mol. The lowest BCUT2D eigenvalue weighted by Gasteiger charge is -2.30. The van der Waals surface area contributed by atoms with E-state index in [9.17, 15) is 5.11 Å². The molecule has 0 saturated heterocycles. The number of hydrogen-bond donors (Lipinski definition) is 1. The molecule has 1 nitrogen and oxygen atoms in total. The van der Waals surface area contributed by atoms with E-state index >= 15 is 0 Å². The zero-order valence-corrected chi connectivity index (χ0v) is 13.7. The zero-order chi connectivity index (χ0) is 15.8. The number of terminal acetylenes is 1. The maximum absolute atomic E-state index is 10.3. The molecule has 0 aromatic carbocycles. The van der Waals surface area contributed by atoms with Gasteiger partial charge in [-0.2, -0.15) is 0 Å². The first-order valence-electron chi connectivity index (χ1n) is 7.85. The van der Waals surface area contributed by atoms with Crippen LogP contribution >= 0.6 is 0 Å². The van der Waals surface area contributed by atoms with Crippen molar-refractivity contribution in [3.63, 3.8) is 0 Å². The molecule has 0 unspecified atom stereocenters. The van der Waals surface area contributed by atoms with E-state index in [4.69, 9.17) is 6.42 Å². The van der Waals surface area contributed by atoms with Crippen LogP contribution in [-0.4, -0.2) is 5.11 Å². The molecule has 1 N–H and O–H groups in total. The molecule has 0 spiro atoms. The third-order valence-electron chi connectivity index (χ3n) is 4.10. The lowest BCUT2D eigenvalue weighted by Crippen LogP contribution is -2.19. The van der Waals surface area contributed by atoms with E-state index in [2.05, 4.69) is 39.3 Å². The van der Waals surface area contributed by atoms with Gasteiger partial charge in [0.25, 0.3) is 0 Å². The minimum Gasteiger partial charge on any atom is -0.512 e. The van der Waals surface area contributed by atoms with Crippen molar-refractivity contribution < 1.29 is 5.11 Å². The average Bonchev–Trinajstić information content (AvgIpc) is 2.38. The summed E-state index contributed by atoms with van der Waals surface area (Å²) in [5.41, 5.74) is 3.66. The monoisotopic (exact) mass is 284 g/mol. The molecule has 0 saturated carbocycles. The predicted octanol–water partition coefficient (Wildman–Crippen LogP) is 5.73. The summed E-state index contributed by atoms with van der Waals surface area (Å²) in [7, 11) is 0. The van der Waals surface area contributed by atoms with Gasteiger partial charge in [0.15, 0.2) is 0 Å². The van der Waals surface area contributed by atoms with Gasteiger partial charge >= 0.3 is 0 Å². The normalized spacial score (nSPS) is 23.4. The van der Waals surface area contributed by atoms with Crippen LogP contribution in [0, 0.1) is 24.2 Å². The van der Waals surface area contributed by atoms with Crippen LogP contribution in [0.1, 0.15) is 52.9 Å². The molecular weight excluding hydrogens is 256 g/mol. The van der Waals surface area contributed by atoms with Crippen LogP contribution in [-0.2, 0) is 0 Å². The Morgan fingerprint density at radius 2 is 2.29 bits per heavy atom. The van der Waals surface area contributed by atoms with Crippen LogP contribution in [0.15, 0.2) is 47.3 Å². The van der Waals surface area contributed by atoms with Crippen LogP contribution in [0.4, 0.5) is 0 Å². The smallest absolute Gasteiger partial charge is 0.0931 e. The zero-order valence-electron chi connectivity index (χ0n) is 13.7.